The zero-order valence-corrected chi connectivity index (χ0v) is 14.4. The Morgan fingerprint density at radius 3 is 1.81 bits per heavy atom. The summed E-state index contributed by atoms with van der Waals surface area (Å²) in [6.45, 7) is 15.0. The Kier molecular flexibility index (Phi) is 4.92. The Morgan fingerprint density at radius 2 is 1.38 bits per heavy atom. The highest BCUT2D eigenvalue weighted by atomic mass is 15.3. The van der Waals surface area contributed by atoms with Crippen LogP contribution in [0.5, 0.6) is 0 Å². The Labute approximate surface area is 131 Å². The topological polar surface area (TPSA) is 18.5 Å². The van der Waals surface area contributed by atoms with Crippen molar-refractivity contribution in [2.24, 2.45) is 11.3 Å². The lowest BCUT2D eigenvalue weighted by molar-refractivity contribution is 0.0266. The molecule has 3 fully saturated rings. The summed E-state index contributed by atoms with van der Waals surface area (Å²) in [5, 5.41) is 3.40. The second-order valence-corrected chi connectivity index (χ2v) is 8.23. The number of hydrogen-bond acceptors (Lipinski definition) is 3. The van der Waals surface area contributed by atoms with Crippen molar-refractivity contribution < 1.29 is 0 Å². The third-order valence-corrected chi connectivity index (χ3v) is 6.85. The predicted molar refractivity (Wildman–Crippen MR) is 89.6 cm³/mol. The van der Waals surface area contributed by atoms with Gasteiger partial charge in [0.25, 0.3) is 0 Å². The molecule has 1 N–H and O–H groups in total. The van der Waals surface area contributed by atoms with Gasteiger partial charge in [0.15, 0.2) is 0 Å². The van der Waals surface area contributed by atoms with E-state index in [4.69, 9.17) is 0 Å². The van der Waals surface area contributed by atoms with Gasteiger partial charge in [-0.1, -0.05) is 27.2 Å². The van der Waals surface area contributed by atoms with E-state index >= 15 is 0 Å². The second-order valence-electron chi connectivity index (χ2n) is 8.23. The van der Waals surface area contributed by atoms with Crippen LogP contribution in [0.4, 0.5) is 0 Å². The summed E-state index contributed by atoms with van der Waals surface area (Å²) in [5.74, 6) is 0.959. The molecule has 0 aromatic heterocycles. The summed E-state index contributed by atoms with van der Waals surface area (Å²) in [6.07, 6.45) is 7.13. The van der Waals surface area contributed by atoms with Gasteiger partial charge in [-0.25, -0.2) is 0 Å². The van der Waals surface area contributed by atoms with Gasteiger partial charge in [-0.05, 0) is 37.0 Å². The van der Waals surface area contributed by atoms with E-state index in [1.54, 1.807) is 0 Å². The molecule has 3 aliphatic rings. The van der Waals surface area contributed by atoms with Crippen LogP contribution in [0, 0.1) is 11.3 Å². The number of piperazine rings is 1. The predicted octanol–water partition coefficient (Wildman–Crippen LogP) is 2.57. The van der Waals surface area contributed by atoms with Gasteiger partial charge in [0.05, 0.1) is 0 Å². The first kappa shape index (κ1) is 15.8. The summed E-state index contributed by atoms with van der Waals surface area (Å²) in [6, 6.07) is 1.73. The van der Waals surface area contributed by atoms with Crippen LogP contribution < -0.4 is 5.32 Å². The van der Waals surface area contributed by atoms with Gasteiger partial charge >= 0.3 is 0 Å². The van der Waals surface area contributed by atoms with Crippen LogP contribution in [0.2, 0.25) is 0 Å². The third-order valence-electron chi connectivity index (χ3n) is 6.85. The smallest absolute Gasteiger partial charge is 0.0346 e. The van der Waals surface area contributed by atoms with Crippen molar-refractivity contribution in [3.8, 4) is 0 Å². The SMILES string of the molecule is CCC(C)(C)C1CCC(N2CCN(C3CNC3)CC2)CC1. The van der Waals surface area contributed by atoms with Crippen molar-refractivity contribution in [2.75, 3.05) is 39.3 Å². The lowest BCUT2D eigenvalue weighted by Gasteiger charge is -2.47. The molecule has 2 saturated heterocycles. The molecule has 0 aromatic carbocycles. The van der Waals surface area contributed by atoms with Gasteiger partial charge < -0.3 is 5.32 Å². The first-order valence-electron chi connectivity index (χ1n) is 9.29. The van der Waals surface area contributed by atoms with Crippen LogP contribution in [0.3, 0.4) is 0 Å². The van der Waals surface area contributed by atoms with Crippen LogP contribution in [0.1, 0.15) is 52.9 Å². The molecule has 0 radical (unpaired) electrons. The van der Waals surface area contributed by atoms with Crippen molar-refractivity contribution in [2.45, 2.75) is 65.0 Å². The van der Waals surface area contributed by atoms with E-state index in [9.17, 15) is 0 Å². The zero-order chi connectivity index (χ0) is 14.9. The summed E-state index contributed by atoms with van der Waals surface area (Å²) in [5.41, 5.74) is 0.556. The van der Waals surface area contributed by atoms with E-state index in [1.165, 1.54) is 71.4 Å². The van der Waals surface area contributed by atoms with Crippen LogP contribution in [0.15, 0.2) is 0 Å². The minimum atomic E-state index is 0.556. The van der Waals surface area contributed by atoms with Crippen molar-refractivity contribution in [3.63, 3.8) is 0 Å². The van der Waals surface area contributed by atoms with Gasteiger partial charge in [0, 0.05) is 51.4 Å². The Balaban J connectivity index is 1.43. The van der Waals surface area contributed by atoms with E-state index in [1.807, 2.05) is 0 Å². The molecule has 2 aliphatic heterocycles. The van der Waals surface area contributed by atoms with Crippen molar-refractivity contribution in [3.05, 3.63) is 0 Å². The molecule has 0 unspecified atom stereocenters. The monoisotopic (exact) mass is 293 g/mol. The molecule has 0 bridgehead atoms. The lowest BCUT2D eigenvalue weighted by Crippen LogP contribution is -2.62. The largest absolute Gasteiger partial charge is 0.314 e. The lowest BCUT2D eigenvalue weighted by atomic mass is 9.68. The first-order valence-corrected chi connectivity index (χ1v) is 9.29. The molecule has 0 atom stereocenters. The fraction of sp³-hybridized carbons (Fsp3) is 1.00. The van der Waals surface area contributed by atoms with Gasteiger partial charge in [0.1, 0.15) is 0 Å². The van der Waals surface area contributed by atoms with Crippen molar-refractivity contribution in [1.29, 1.82) is 0 Å². The standard InChI is InChI=1S/C18H35N3/c1-4-18(2,3)15-5-7-16(8-6-15)20-9-11-21(12-10-20)17-13-19-14-17/h15-17,19H,4-14H2,1-3H3. The third kappa shape index (κ3) is 3.46. The average Bonchev–Trinajstić information content (AvgIpc) is 2.46. The molecule has 1 saturated carbocycles. The maximum Gasteiger partial charge on any atom is 0.0346 e. The van der Waals surface area contributed by atoms with Crippen LogP contribution in [0.25, 0.3) is 0 Å². The summed E-state index contributed by atoms with van der Waals surface area (Å²) < 4.78 is 0. The van der Waals surface area contributed by atoms with Crippen LogP contribution >= 0.6 is 0 Å². The van der Waals surface area contributed by atoms with E-state index in [0.717, 1.165) is 18.0 Å². The van der Waals surface area contributed by atoms with E-state index in [2.05, 4.69) is 35.9 Å². The van der Waals surface area contributed by atoms with Crippen molar-refractivity contribution in [1.82, 2.24) is 15.1 Å². The number of rotatable bonds is 4. The molecular weight excluding hydrogens is 258 g/mol. The Bertz CT molecular complexity index is 321. The van der Waals surface area contributed by atoms with Gasteiger partial charge in [0.2, 0.25) is 0 Å². The molecule has 3 heteroatoms. The minimum absolute atomic E-state index is 0.556. The maximum absolute atomic E-state index is 3.40. The average molecular weight is 293 g/mol. The molecule has 2 heterocycles. The molecule has 3 nitrogen and oxygen atoms in total. The van der Waals surface area contributed by atoms with Crippen LogP contribution in [-0.4, -0.2) is 61.2 Å². The molecule has 1 aliphatic carbocycles. The maximum atomic E-state index is 3.40. The summed E-state index contributed by atoms with van der Waals surface area (Å²) in [7, 11) is 0. The highest BCUT2D eigenvalue weighted by Gasteiger charge is 2.35. The van der Waals surface area contributed by atoms with Crippen LogP contribution in [-0.2, 0) is 0 Å². The minimum Gasteiger partial charge on any atom is -0.314 e. The quantitative estimate of drug-likeness (QED) is 0.859. The molecular formula is C18H35N3. The summed E-state index contributed by atoms with van der Waals surface area (Å²) in [4.78, 5) is 5.51. The van der Waals surface area contributed by atoms with Crippen molar-refractivity contribution >= 4 is 0 Å². The molecule has 3 rings (SSSR count). The molecule has 0 aromatic rings. The fourth-order valence-electron chi connectivity index (χ4n) is 4.51. The van der Waals surface area contributed by atoms with E-state index in [-0.39, 0.29) is 0 Å². The highest BCUT2D eigenvalue weighted by molar-refractivity contribution is 4.91. The summed E-state index contributed by atoms with van der Waals surface area (Å²) >= 11 is 0. The Hall–Kier alpha value is -0.120. The molecule has 0 amide bonds. The van der Waals surface area contributed by atoms with Gasteiger partial charge in [-0.15, -0.1) is 0 Å². The number of hydrogen-bond donors (Lipinski definition) is 1. The van der Waals surface area contributed by atoms with Gasteiger partial charge in [-0.2, -0.15) is 0 Å². The zero-order valence-electron chi connectivity index (χ0n) is 14.4. The van der Waals surface area contributed by atoms with E-state index in [0.29, 0.717) is 5.41 Å². The van der Waals surface area contributed by atoms with Gasteiger partial charge in [-0.3, -0.25) is 9.80 Å². The normalized spacial score (nSPS) is 33.9. The number of nitrogens with one attached hydrogen (secondary N) is 1. The second kappa shape index (κ2) is 6.55. The molecule has 122 valence electrons. The van der Waals surface area contributed by atoms with E-state index < -0.39 is 0 Å². The highest BCUT2D eigenvalue weighted by Crippen LogP contribution is 2.41. The number of nitrogens with zero attached hydrogens (tertiary/aromatic N) is 2. The molecule has 21 heavy (non-hydrogen) atoms. The fourth-order valence-corrected chi connectivity index (χ4v) is 4.51. The molecule has 0 spiro atoms. The first-order chi connectivity index (χ1) is 10.1. The Morgan fingerprint density at radius 1 is 0.857 bits per heavy atom.